The van der Waals surface area contributed by atoms with E-state index in [0.717, 1.165) is 11.6 Å². The molecule has 3 heterocycles. The van der Waals surface area contributed by atoms with E-state index in [-0.39, 0.29) is 35.7 Å². The summed E-state index contributed by atoms with van der Waals surface area (Å²) in [5.41, 5.74) is 0.738. The van der Waals surface area contributed by atoms with Gasteiger partial charge in [-0.3, -0.25) is 4.79 Å². The largest absolute Gasteiger partial charge is 0.489 e. The van der Waals surface area contributed by atoms with Gasteiger partial charge in [0.1, 0.15) is 35.1 Å². The Hall–Kier alpha value is -3.93. The molecule has 0 saturated carbocycles. The lowest BCUT2D eigenvalue weighted by Crippen LogP contribution is -2.25. The Bertz CT molecular complexity index is 1240. The van der Waals surface area contributed by atoms with Gasteiger partial charge in [-0.15, -0.1) is 0 Å². The molecule has 1 aliphatic heterocycles. The number of hydrogen-bond donors (Lipinski definition) is 0. The van der Waals surface area contributed by atoms with Gasteiger partial charge in [0.15, 0.2) is 5.78 Å². The highest BCUT2D eigenvalue weighted by atomic mass is 19.4. The van der Waals surface area contributed by atoms with Gasteiger partial charge >= 0.3 is 6.18 Å². The fourth-order valence-electron chi connectivity index (χ4n) is 4.04. The molecule has 0 aliphatic carbocycles. The van der Waals surface area contributed by atoms with E-state index < -0.39 is 11.9 Å². The molecule has 9 heteroatoms. The van der Waals surface area contributed by atoms with Crippen LogP contribution in [0.2, 0.25) is 0 Å². The van der Waals surface area contributed by atoms with Crippen LogP contribution >= 0.6 is 0 Å². The van der Waals surface area contributed by atoms with Crippen LogP contribution in [-0.2, 0) is 6.18 Å². The Balaban J connectivity index is 1.33. The number of pyridine rings is 2. The van der Waals surface area contributed by atoms with Crippen LogP contribution in [0.15, 0.2) is 60.8 Å². The second kappa shape index (κ2) is 10.1. The lowest BCUT2D eigenvalue weighted by Gasteiger charge is -2.19. The van der Waals surface area contributed by atoms with Gasteiger partial charge in [-0.1, -0.05) is 25.1 Å². The highest BCUT2D eigenvalue weighted by Crippen LogP contribution is 2.30. The van der Waals surface area contributed by atoms with E-state index in [0.29, 0.717) is 30.8 Å². The predicted octanol–water partition coefficient (Wildman–Crippen LogP) is 5.40. The zero-order valence-corrected chi connectivity index (χ0v) is 19.0. The summed E-state index contributed by atoms with van der Waals surface area (Å²) in [6, 6.07) is 16.4. The van der Waals surface area contributed by atoms with Crippen molar-refractivity contribution >= 4 is 11.6 Å². The molecule has 6 nitrogen and oxygen atoms in total. The van der Waals surface area contributed by atoms with Gasteiger partial charge in [0, 0.05) is 31.1 Å². The number of nitriles is 1. The molecule has 35 heavy (non-hydrogen) atoms. The first-order valence-electron chi connectivity index (χ1n) is 11.2. The summed E-state index contributed by atoms with van der Waals surface area (Å²) in [4.78, 5) is 22.0. The molecule has 1 fully saturated rings. The number of Topliss-reactive ketones (excluding diaryl/α,β-unsaturated/α-hetero) is 1. The smallest absolute Gasteiger partial charge is 0.433 e. The summed E-state index contributed by atoms with van der Waals surface area (Å²) < 4.78 is 44.9. The van der Waals surface area contributed by atoms with Gasteiger partial charge < -0.3 is 9.64 Å². The molecule has 4 rings (SSSR count). The number of alkyl halides is 3. The van der Waals surface area contributed by atoms with E-state index in [2.05, 4.69) is 9.97 Å². The summed E-state index contributed by atoms with van der Waals surface area (Å²) in [6.45, 7) is 2.95. The maximum Gasteiger partial charge on any atom is 0.433 e. The molecule has 0 amide bonds. The number of ether oxygens (including phenoxy) is 1. The SMILES string of the molecule is C[C@H](CC(=O)c1ccnc(C#N)c1)c1ccc(OC2CCN(c3cccc(C(F)(F)F)n3)C2)cc1. The zero-order chi connectivity index (χ0) is 25.0. The Morgan fingerprint density at radius 3 is 2.71 bits per heavy atom. The number of carbonyl (C=O) groups is 1. The van der Waals surface area contributed by atoms with Crippen molar-refractivity contribution in [2.75, 3.05) is 18.0 Å². The Kier molecular flexibility index (Phi) is 7.01. The van der Waals surface area contributed by atoms with Gasteiger partial charge in [0.25, 0.3) is 0 Å². The fraction of sp³-hybridized carbons (Fsp3) is 0.308. The number of carbonyl (C=O) groups excluding carboxylic acids is 1. The topological polar surface area (TPSA) is 79.1 Å². The summed E-state index contributed by atoms with van der Waals surface area (Å²) in [5, 5.41) is 8.96. The minimum Gasteiger partial charge on any atom is -0.489 e. The highest BCUT2D eigenvalue weighted by Gasteiger charge is 2.33. The monoisotopic (exact) mass is 480 g/mol. The van der Waals surface area contributed by atoms with Gasteiger partial charge in [0.2, 0.25) is 0 Å². The number of hydrogen-bond acceptors (Lipinski definition) is 6. The van der Waals surface area contributed by atoms with Crippen molar-refractivity contribution in [3.63, 3.8) is 0 Å². The molecule has 3 aromatic rings. The van der Waals surface area contributed by atoms with Gasteiger partial charge in [0.05, 0.1) is 6.54 Å². The fourth-order valence-corrected chi connectivity index (χ4v) is 4.04. The summed E-state index contributed by atoms with van der Waals surface area (Å²) >= 11 is 0. The molecule has 1 aliphatic rings. The number of aromatic nitrogens is 2. The highest BCUT2D eigenvalue weighted by molar-refractivity contribution is 5.96. The van der Waals surface area contributed by atoms with E-state index in [4.69, 9.17) is 10.00 Å². The van der Waals surface area contributed by atoms with Gasteiger partial charge in [-0.25, -0.2) is 9.97 Å². The predicted molar refractivity (Wildman–Crippen MR) is 123 cm³/mol. The van der Waals surface area contributed by atoms with Crippen molar-refractivity contribution in [3.8, 4) is 11.8 Å². The number of nitrogens with zero attached hydrogens (tertiary/aromatic N) is 4. The zero-order valence-electron chi connectivity index (χ0n) is 19.0. The number of rotatable bonds is 7. The Morgan fingerprint density at radius 2 is 2.00 bits per heavy atom. The van der Waals surface area contributed by atoms with E-state index in [1.165, 1.54) is 18.3 Å². The minimum atomic E-state index is -4.48. The van der Waals surface area contributed by atoms with Crippen LogP contribution in [0.3, 0.4) is 0 Å². The third-order valence-electron chi connectivity index (χ3n) is 5.93. The number of ketones is 1. The van der Waals surface area contributed by atoms with Crippen molar-refractivity contribution in [3.05, 3.63) is 83.3 Å². The second-order valence-electron chi connectivity index (χ2n) is 8.49. The third kappa shape index (κ3) is 5.96. The average Bonchev–Trinajstić information content (AvgIpc) is 3.32. The van der Waals surface area contributed by atoms with E-state index >= 15 is 0 Å². The van der Waals surface area contributed by atoms with E-state index in [1.807, 2.05) is 37.3 Å². The van der Waals surface area contributed by atoms with Crippen LogP contribution in [0.1, 0.15) is 53.0 Å². The first kappa shape index (κ1) is 24.2. The lowest BCUT2D eigenvalue weighted by molar-refractivity contribution is -0.141. The molecular weight excluding hydrogens is 457 g/mol. The van der Waals surface area contributed by atoms with E-state index in [1.54, 1.807) is 17.0 Å². The summed E-state index contributed by atoms with van der Waals surface area (Å²) in [7, 11) is 0. The first-order chi connectivity index (χ1) is 16.7. The first-order valence-corrected chi connectivity index (χ1v) is 11.2. The molecule has 1 saturated heterocycles. The summed E-state index contributed by atoms with van der Waals surface area (Å²) in [5.74, 6) is 0.843. The Morgan fingerprint density at radius 1 is 1.23 bits per heavy atom. The second-order valence-corrected chi connectivity index (χ2v) is 8.49. The normalized spacial score (nSPS) is 16.5. The van der Waals surface area contributed by atoms with E-state index in [9.17, 15) is 18.0 Å². The van der Waals surface area contributed by atoms with Gasteiger partial charge in [-0.05, 0) is 47.9 Å². The molecule has 0 bridgehead atoms. The molecule has 1 aromatic carbocycles. The van der Waals surface area contributed by atoms with Gasteiger partial charge in [-0.2, -0.15) is 18.4 Å². The van der Waals surface area contributed by atoms with Crippen LogP contribution in [0.25, 0.3) is 0 Å². The van der Waals surface area contributed by atoms with Crippen LogP contribution in [0.4, 0.5) is 19.0 Å². The van der Waals surface area contributed by atoms with Crippen molar-refractivity contribution in [2.24, 2.45) is 0 Å². The van der Waals surface area contributed by atoms with Crippen LogP contribution in [0.5, 0.6) is 5.75 Å². The molecule has 0 N–H and O–H groups in total. The third-order valence-corrected chi connectivity index (χ3v) is 5.93. The molecule has 180 valence electrons. The standard InChI is InChI=1S/C26H23F3N4O2/c1-17(13-23(34)19-9-11-31-20(14-19)15-30)18-5-7-21(8-6-18)35-22-10-12-33(16-22)25-4-2-3-24(32-25)26(27,28)29/h2-9,11,14,17,22H,10,12-13,16H2,1H3/t17-,22?/m1/s1. The number of halogens is 3. The van der Waals surface area contributed by atoms with Crippen LogP contribution in [-0.4, -0.2) is 34.9 Å². The Labute approximate surface area is 201 Å². The number of benzene rings is 1. The lowest BCUT2D eigenvalue weighted by atomic mass is 9.93. The summed E-state index contributed by atoms with van der Waals surface area (Å²) in [6.07, 6.45) is -2.24. The molecular formula is C26H23F3N4O2. The van der Waals surface area contributed by atoms with Crippen molar-refractivity contribution in [2.45, 2.75) is 38.0 Å². The number of anilines is 1. The molecule has 1 unspecified atom stereocenters. The quantitative estimate of drug-likeness (QED) is 0.421. The molecule has 0 radical (unpaired) electrons. The van der Waals surface area contributed by atoms with Crippen LogP contribution < -0.4 is 9.64 Å². The maximum absolute atomic E-state index is 13.0. The maximum atomic E-state index is 13.0. The van der Waals surface area contributed by atoms with Crippen LogP contribution in [0, 0.1) is 11.3 Å². The van der Waals surface area contributed by atoms with Crippen molar-refractivity contribution < 1.29 is 22.7 Å². The molecule has 2 aromatic heterocycles. The molecule has 0 spiro atoms. The van der Waals surface area contributed by atoms with Crippen molar-refractivity contribution in [1.29, 1.82) is 5.26 Å². The average molecular weight is 480 g/mol. The van der Waals surface area contributed by atoms with Crippen molar-refractivity contribution in [1.82, 2.24) is 9.97 Å². The molecule has 2 atom stereocenters. The minimum absolute atomic E-state index is 0.0378.